The van der Waals surface area contributed by atoms with E-state index in [2.05, 4.69) is 23.9 Å². The van der Waals surface area contributed by atoms with Crippen molar-refractivity contribution < 1.29 is 14.3 Å². The van der Waals surface area contributed by atoms with Crippen LogP contribution in [0.5, 0.6) is 5.75 Å². The maximum Gasteiger partial charge on any atom is 0.248 e. The molecular formula is C34H44N4O4. The summed E-state index contributed by atoms with van der Waals surface area (Å²) in [5, 5.41) is 5.45. The average Bonchev–Trinajstić information content (AvgIpc) is 3.39. The SMILES string of the molecule is CC(C)C(=O)c1c(C(C)C)nn2ccccc12.CN(C(=O)CCCOc1ccc2[nH]c(=O)ccc2c1)C1CCCCC1. The van der Waals surface area contributed by atoms with Gasteiger partial charge < -0.3 is 14.6 Å². The van der Waals surface area contributed by atoms with Crippen LogP contribution >= 0.6 is 0 Å². The van der Waals surface area contributed by atoms with E-state index in [-0.39, 0.29) is 29.1 Å². The lowest BCUT2D eigenvalue weighted by Crippen LogP contribution is -2.38. The third-order valence-electron chi connectivity index (χ3n) is 7.90. The van der Waals surface area contributed by atoms with Crippen LogP contribution in [0.1, 0.15) is 94.6 Å². The maximum absolute atomic E-state index is 12.3. The molecule has 8 heteroatoms. The maximum atomic E-state index is 12.3. The van der Waals surface area contributed by atoms with Crippen molar-refractivity contribution in [3.05, 3.63) is 76.3 Å². The number of nitrogens with one attached hydrogen (secondary N) is 1. The number of carbonyl (C=O) groups is 2. The van der Waals surface area contributed by atoms with Crippen molar-refractivity contribution in [2.45, 2.75) is 84.6 Å². The molecule has 1 aromatic carbocycles. The highest BCUT2D eigenvalue weighted by Crippen LogP contribution is 2.25. The van der Waals surface area contributed by atoms with Crippen molar-refractivity contribution in [1.82, 2.24) is 19.5 Å². The average molecular weight is 573 g/mol. The smallest absolute Gasteiger partial charge is 0.248 e. The van der Waals surface area contributed by atoms with Gasteiger partial charge in [-0.15, -0.1) is 0 Å². The number of hydrogen-bond acceptors (Lipinski definition) is 5. The summed E-state index contributed by atoms with van der Waals surface area (Å²) in [6.07, 6.45) is 9.16. The molecule has 4 aromatic rings. The fourth-order valence-corrected chi connectivity index (χ4v) is 5.45. The van der Waals surface area contributed by atoms with Gasteiger partial charge in [-0.25, -0.2) is 4.52 Å². The number of rotatable bonds is 9. The summed E-state index contributed by atoms with van der Waals surface area (Å²) in [6.45, 7) is 8.51. The summed E-state index contributed by atoms with van der Waals surface area (Å²) in [5.41, 5.74) is 3.28. The summed E-state index contributed by atoms with van der Waals surface area (Å²) in [4.78, 5) is 40.6. The molecule has 0 unspecified atom stereocenters. The lowest BCUT2D eigenvalue weighted by atomic mass is 9.94. The van der Waals surface area contributed by atoms with Crippen molar-refractivity contribution >= 4 is 28.1 Å². The van der Waals surface area contributed by atoms with Gasteiger partial charge in [0.15, 0.2) is 5.78 Å². The third kappa shape index (κ3) is 7.66. The largest absolute Gasteiger partial charge is 0.494 e. The van der Waals surface area contributed by atoms with Gasteiger partial charge in [0.25, 0.3) is 0 Å². The molecule has 1 aliphatic rings. The molecule has 42 heavy (non-hydrogen) atoms. The molecule has 1 fully saturated rings. The number of nitrogens with zero attached hydrogens (tertiary/aromatic N) is 3. The fourth-order valence-electron chi connectivity index (χ4n) is 5.45. The summed E-state index contributed by atoms with van der Waals surface area (Å²) in [7, 11) is 1.93. The van der Waals surface area contributed by atoms with E-state index >= 15 is 0 Å². The number of ether oxygens (including phenoxy) is 1. The van der Waals surface area contributed by atoms with E-state index in [1.807, 2.05) is 68.4 Å². The zero-order chi connectivity index (χ0) is 30.2. The molecule has 0 aliphatic heterocycles. The molecule has 0 spiro atoms. The van der Waals surface area contributed by atoms with E-state index in [4.69, 9.17) is 4.74 Å². The molecule has 0 atom stereocenters. The van der Waals surface area contributed by atoms with E-state index in [9.17, 15) is 14.4 Å². The van der Waals surface area contributed by atoms with Crippen molar-refractivity contribution in [3.63, 3.8) is 0 Å². The number of pyridine rings is 2. The van der Waals surface area contributed by atoms with Crippen molar-refractivity contribution in [2.75, 3.05) is 13.7 Å². The molecule has 0 radical (unpaired) electrons. The number of ketones is 1. The lowest BCUT2D eigenvalue weighted by molar-refractivity contribution is -0.132. The number of fused-ring (bicyclic) bond motifs is 2. The molecule has 0 saturated heterocycles. The fraction of sp³-hybridized carbons (Fsp3) is 0.471. The molecule has 8 nitrogen and oxygen atoms in total. The summed E-state index contributed by atoms with van der Waals surface area (Å²) < 4.78 is 7.55. The molecule has 224 valence electrons. The second-order valence-corrected chi connectivity index (χ2v) is 11.8. The molecule has 1 N–H and O–H groups in total. The van der Waals surface area contributed by atoms with E-state index in [0.717, 1.165) is 46.3 Å². The molecule has 1 amide bonds. The predicted molar refractivity (Wildman–Crippen MR) is 167 cm³/mol. The first-order chi connectivity index (χ1) is 20.2. The van der Waals surface area contributed by atoms with Crippen LogP contribution < -0.4 is 10.3 Å². The number of aromatic nitrogens is 3. The Kier molecular flexibility index (Phi) is 10.6. The van der Waals surface area contributed by atoms with Gasteiger partial charge in [-0.2, -0.15) is 5.10 Å². The van der Waals surface area contributed by atoms with Crippen LogP contribution in [0.4, 0.5) is 0 Å². The van der Waals surface area contributed by atoms with Gasteiger partial charge in [0.05, 0.1) is 23.4 Å². The number of H-pyrrole nitrogens is 1. The van der Waals surface area contributed by atoms with Crippen LogP contribution in [0.15, 0.2) is 59.5 Å². The van der Waals surface area contributed by atoms with Gasteiger partial charge in [0.2, 0.25) is 11.5 Å². The Morgan fingerprint density at radius 1 is 1.05 bits per heavy atom. The molecule has 1 aliphatic carbocycles. The minimum absolute atomic E-state index is 0.000654. The van der Waals surface area contributed by atoms with Crippen molar-refractivity contribution in [2.24, 2.45) is 5.92 Å². The summed E-state index contributed by atoms with van der Waals surface area (Å²) in [5.74, 6) is 1.41. The molecular weight excluding hydrogens is 528 g/mol. The Balaban J connectivity index is 0.000000208. The number of Topliss-reactive ketones (excluding diaryl/α,β-unsaturated/α-hetero) is 1. The van der Waals surface area contributed by atoms with Gasteiger partial charge in [0.1, 0.15) is 5.75 Å². The van der Waals surface area contributed by atoms with Crippen molar-refractivity contribution in [3.8, 4) is 5.75 Å². The second-order valence-electron chi connectivity index (χ2n) is 11.8. The number of aromatic amines is 1. The highest BCUT2D eigenvalue weighted by atomic mass is 16.5. The van der Waals surface area contributed by atoms with E-state index in [1.165, 1.54) is 25.3 Å². The van der Waals surface area contributed by atoms with Crippen LogP contribution in [-0.4, -0.2) is 50.9 Å². The minimum Gasteiger partial charge on any atom is -0.494 e. The first kappa shape index (κ1) is 31.0. The Morgan fingerprint density at radius 2 is 1.81 bits per heavy atom. The van der Waals surface area contributed by atoms with E-state index < -0.39 is 0 Å². The standard InChI is InChI=1S/C20H26N2O3.C14H18N2O/c1-22(16-6-3-2-4-7-16)20(24)8-5-13-25-17-10-11-18-15(14-17)9-12-19(23)21-18;1-9(2)13-12(14(17)10(3)4)11-7-5-6-8-16(11)15-13/h9-12,14,16H,2-8,13H2,1H3,(H,21,23);5-10H,1-4H3. The van der Waals surface area contributed by atoms with E-state index in [1.54, 1.807) is 10.6 Å². The normalized spacial score (nSPS) is 13.8. The molecule has 0 bridgehead atoms. The zero-order valence-electron chi connectivity index (χ0n) is 25.6. The number of hydrogen-bond donors (Lipinski definition) is 1. The number of benzene rings is 1. The van der Waals surface area contributed by atoms with Crippen LogP contribution in [-0.2, 0) is 4.79 Å². The summed E-state index contributed by atoms with van der Waals surface area (Å²) in [6, 6.07) is 15.1. The van der Waals surface area contributed by atoms with Gasteiger partial charge in [0, 0.05) is 48.6 Å². The topological polar surface area (TPSA) is 96.8 Å². The first-order valence-electron chi connectivity index (χ1n) is 15.2. The lowest BCUT2D eigenvalue weighted by Gasteiger charge is -2.31. The molecule has 3 aromatic heterocycles. The van der Waals surface area contributed by atoms with Crippen LogP contribution in [0.2, 0.25) is 0 Å². The minimum atomic E-state index is -0.109. The Morgan fingerprint density at radius 3 is 2.52 bits per heavy atom. The number of amides is 1. The van der Waals surface area contributed by atoms with Gasteiger partial charge in [-0.05, 0) is 61.6 Å². The third-order valence-corrected chi connectivity index (χ3v) is 7.90. The van der Waals surface area contributed by atoms with Gasteiger partial charge >= 0.3 is 0 Å². The first-order valence-corrected chi connectivity index (χ1v) is 15.2. The molecule has 3 heterocycles. The summed E-state index contributed by atoms with van der Waals surface area (Å²) >= 11 is 0. The molecule has 5 rings (SSSR count). The number of carbonyl (C=O) groups excluding carboxylic acids is 2. The van der Waals surface area contributed by atoms with E-state index in [0.29, 0.717) is 25.5 Å². The second kappa shape index (κ2) is 14.3. The molecule has 1 saturated carbocycles. The monoisotopic (exact) mass is 572 g/mol. The highest BCUT2D eigenvalue weighted by molar-refractivity contribution is 6.04. The predicted octanol–water partition coefficient (Wildman–Crippen LogP) is 6.77. The van der Waals surface area contributed by atoms with Gasteiger partial charge in [-0.1, -0.05) is 53.0 Å². The van der Waals surface area contributed by atoms with Crippen LogP contribution in [0.3, 0.4) is 0 Å². The highest BCUT2D eigenvalue weighted by Gasteiger charge is 2.23. The Bertz CT molecular complexity index is 1560. The van der Waals surface area contributed by atoms with Crippen molar-refractivity contribution in [1.29, 1.82) is 0 Å². The Labute approximate surface area is 248 Å². The van der Waals surface area contributed by atoms with Crippen LogP contribution in [0, 0.1) is 5.92 Å². The Hall–Kier alpha value is -3.94. The quantitative estimate of drug-likeness (QED) is 0.176. The zero-order valence-corrected chi connectivity index (χ0v) is 25.6. The van der Waals surface area contributed by atoms with Crippen LogP contribution in [0.25, 0.3) is 16.4 Å². The van der Waals surface area contributed by atoms with Gasteiger partial charge in [-0.3, -0.25) is 14.4 Å².